The third-order valence-electron chi connectivity index (χ3n) is 7.29. The molecule has 34 heavy (non-hydrogen) atoms. The summed E-state index contributed by atoms with van der Waals surface area (Å²) in [4.78, 5) is 38.4. The van der Waals surface area contributed by atoms with E-state index in [-0.39, 0.29) is 42.9 Å². The van der Waals surface area contributed by atoms with Crippen LogP contribution in [0.2, 0.25) is 0 Å². The third-order valence-corrected chi connectivity index (χ3v) is 7.29. The summed E-state index contributed by atoms with van der Waals surface area (Å²) in [7, 11) is 0. The Labute approximate surface area is 198 Å². The summed E-state index contributed by atoms with van der Waals surface area (Å²) in [6, 6.07) is 16.1. The molecule has 2 N–H and O–H groups in total. The first-order valence-electron chi connectivity index (χ1n) is 11.7. The molecule has 2 aliphatic carbocycles. The smallest absolute Gasteiger partial charge is 0.407 e. The Kier molecular flexibility index (Phi) is 5.86. The van der Waals surface area contributed by atoms with Crippen LogP contribution in [0.3, 0.4) is 0 Å². The molecule has 0 radical (unpaired) electrons. The van der Waals surface area contributed by atoms with Crippen molar-refractivity contribution >= 4 is 18.0 Å². The Balaban J connectivity index is 1.15. The number of nitrogens with one attached hydrogen (secondary N) is 1. The number of likely N-dealkylation sites (tertiary alicyclic amines) is 1. The molecule has 2 amide bonds. The van der Waals surface area contributed by atoms with Crippen LogP contribution < -0.4 is 5.32 Å². The number of carbonyl (C=O) groups is 3. The minimum atomic E-state index is -0.862. The van der Waals surface area contributed by atoms with E-state index < -0.39 is 18.0 Å². The SMILES string of the molecule is C[C@@H]1CN(C(=O)C2C=CC(NC(=O)OCC3c4ccccc4-c4ccccc43)C2)C[C@H]1C(=O)O. The molecular formula is C27H28N2O5. The monoisotopic (exact) mass is 460 g/mol. The number of ether oxygens (including phenoxy) is 1. The molecule has 176 valence electrons. The van der Waals surface area contributed by atoms with Crippen LogP contribution in [-0.2, 0) is 14.3 Å². The molecule has 7 nitrogen and oxygen atoms in total. The average molecular weight is 461 g/mol. The molecule has 5 rings (SSSR count). The van der Waals surface area contributed by atoms with Crippen LogP contribution in [0.4, 0.5) is 4.79 Å². The first-order chi connectivity index (χ1) is 16.4. The van der Waals surface area contributed by atoms with Crippen molar-refractivity contribution in [3.63, 3.8) is 0 Å². The number of hydrogen-bond acceptors (Lipinski definition) is 4. The number of carboxylic acid groups (broad SMARTS) is 1. The van der Waals surface area contributed by atoms with Gasteiger partial charge in [-0.05, 0) is 34.6 Å². The highest BCUT2D eigenvalue weighted by atomic mass is 16.5. The molecule has 2 unspecified atom stereocenters. The van der Waals surface area contributed by atoms with Crippen molar-refractivity contribution in [1.29, 1.82) is 0 Å². The van der Waals surface area contributed by atoms with Gasteiger partial charge in [-0.1, -0.05) is 67.6 Å². The van der Waals surface area contributed by atoms with Gasteiger partial charge in [-0.25, -0.2) is 4.79 Å². The molecule has 0 spiro atoms. The highest BCUT2D eigenvalue weighted by Gasteiger charge is 2.39. The molecule has 2 aromatic rings. The molecule has 1 saturated heterocycles. The van der Waals surface area contributed by atoms with Crippen LogP contribution in [0, 0.1) is 17.8 Å². The molecule has 3 aliphatic rings. The second-order valence-corrected chi connectivity index (χ2v) is 9.47. The standard InChI is InChI=1S/C27H28N2O5/c1-16-13-29(14-23(16)26(31)32)25(30)17-10-11-18(12-17)28-27(33)34-15-24-21-8-4-2-6-19(21)20-7-3-5-9-22(20)24/h2-11,16-18,23-24H,12-15H2,1H3,(H,28,33)(H,31,32)/t16-,17?,18?,23-/m1/s1. The van der Waals surface area contributed by atoms with Crippen molar-refractivity contribution in [3.05, 3.63) is 71.8 Å². The van der Waals surface area contributed by atoms with Crippen LogP contribution in [0.1, 0.15) is 30.4 Å². The first-order valence-corrected chi connectivity index (χ1v) is 11.7. The predicted octanol–water partition coefficient (Wildman–Crippen LogP) is 3.65. The number of rotatable bonds is 5. The number of hydrogen-bond donors (Lipinski definition) is 2. The lowest BCUT2D eigenvalue weighted by atomic mass is 9.98. The zero-order valence-electron chi connectivity index (χ0n) is 19.0. The molecule has 2 aromatic carbocycles. The molecule has 1 aliphatic heterocycles. The van der Waals surface area contributed by atoms with E-state index in [9.17, 15) is 19.5 Å². The van der Waals surface area contributed by atoms with Crippen LogP contribution in [0.25, 0.3) is 11.1 Å². The van der Waals surface area contributed by atoms with Gasteiger partial charge in [0.05, 0.1) is 17.9 Å². The minimum absolute atomic E-state index is 0.00839. The zero-order chi connectivity index (χ0) is 23.8. The molecule has 1 fully saturated rings. The van der Waals surface area contributed by atoms with Gasteiger partial charge in [0, 0.05) is 19.0 Å². The van der Waals surface area contributed by atoms with Gasteiger partial charge < -0.3 is 20.1 Å². The number of amides is 2. The van der Waals surface area contributed by atoms with Gasteiger partial charge in [0.15, 0.2) is 0 Å². The topological polar surface area (TPSA) is 95.9 Å². The molecule has 0 aromatic heterocycles. The summed E-state index contributed by atoms with van der Waals surface area (Å²) >= 11 is 0. The maximum absolute atomic E-state index is 12.9. The van der Waals surface area contributed by atoms with Crippen LogP contribution >= 0.6 is 0 Å². The average Bonchev–Trinajstić information content (AvgIpc) is 3.53. The highest BCUT2D eigenvalue weighted by Crippen LogP contribution is 2.44. The van der Waals surface area contributed by atoms with Crippen molar-refractivity contribution < 1.29 is 24.2 Å². The van der Waals surface area contributed by atoms with E-state index in [0.717, 1.165) is 11.1 Å². The minimum Gasteiger partial charge on any atom is -0.481 e. The van der Waals surface area contributed by atoms with Crippen molar-refractivity contribution in [3.8, 4) is 11.1 Å². The maximum Gasteiger partial charge on any atom is 0.407 e. The van der Waals surface area contributed by atoms with Gasteiger partial charge in [-0.15, -0.1) is 0 Å². The third kappa shape index (κ3) is 4.06. The Bertz CT molecular complexity index is 1110. The number of fused-ring (bicyclic) bond motifs is 3. The van der Waals surface area contributed by atoms with E-state index in [2.05, 4.69) is 29.6 Å². The number of carboxylic acids is 1. The second-order valence-electron chi connectivity index (χ2n) is 9.47. The quantitative estimate of drug-likeness (QED) is 0.664. The summed E-state index contributed by atoms with van der Waals surface area (Å²) in [6.45, 7) is 2.79. The normalized spacial score (nSPS) is 25.1. The fourth-order valence-corrected chi connectivity index (χ4v) is 5.48. The van der Waals surface area contributed by atoms with E-state index in [0.29, 0.717) is 13.0 Å². The van der Waals surface area contributed by atoms with Gasteiger partial charge in [-0.2, -0.15) is 0 Å². The van der Waals surface area contributed by atoms with Gasteiger partial charge >= 0.3 is 12.1 Å². The molecule has 1 heterocycles. The van der Waals surface area contributed by atoms with E-state index in [1.165, 1.54) is 11.1 Å². The largest absolute Gasteiger partial charge is 0.481 e. The fourth-order valence-electron chi connectivity index (χ4n) is 5.48. The number of aliphatic carboxylic acids is 1. The van der Waals surface area contributed by atoms with Crippen LogP contribution in [-0.4, -0.2) is 53.7 Å². The van der Waals surface area contributed by atoms with Crippen LogP contribution in [0.5, 0.6) is 0 Å². The van der Waals surface area contributed by atoms with Gasteiger partial charge in [-0.3, -0.25) is 9.59 Å². The zero-order valence-corrected chi connectivity index (χ0v) is 19.0. The summed E-state index contributed by atoms with van der Waals surface area (Å²) in [5, 5.41) is 12.2. The Morgan fingerprint density at radius 2 is 1.65 bits per heavy atom. The van der Waals surface area contributed by atoms with Crippen molar-refractivity contribution in [1.82, 2.24) is 10.2 Å². The van der Waals surface area contributed by atoms with Gasteiger partial charge in [0.2, 0.25) is 5.91 Å². The molecule has 0 bridgehead atoms. The molecular weight excluding hydrogens is 432 g/mol. The van der Waals surface area contributed by atoms with Gasteiger partial charge in [0.1, 0.15) is 6.61 Å². The number of carbonyl (C=O) groups excluding carboxylic acids is 2. The summed E-state index contributed by atoms with van der Waals surface area (Å²) in [5.41, 5.74) is 4.66. The van der Waals surface area contributed by atoms with E-state index >= 15 is 0 Å². The Morgan fingerprint density at radius 1 is 1.00 bits per heavy atom. The summed E-state index contributed by atoms with van der Waals surface area (Å²) < 4.78 is 5.61. The highest BCUT2D eigenvalue weighted by molar-refractivity contribution is 5.83. The molecule has 4 atom stereocenters. The number of alkyl carbamates (subject to hydrolysis) is 1. The van der Waals surface area contributed by atoms with E-state index in [1.54, 1.807) is 11.0 Å². The number of nitrogens with zero attached hydrogens (tertiary/aromatic N) is 1. The van der Waals surface area contributed by atoms with Crippen LogP contribution in [0.15, 0.2) is 60.7 Å². The van der Waals surface area contributed by atoms with Crippen molar-refractivity contribution in [2.75, 3.05) is 19.7 Å². The summed E-state index contributed by atoms with van der Waals surface area (Å²) in [5.74, 6) is -1.90. The molecule has 0 saturated carbocycles. The lowest BCUT2D eigenvalue weighted by molar-refractivity contribution is -0.142. The maximum atomic E-state index is 12.9. The first kappa shape index (κ1) is 22.2. The van der Waals surface area contributed by atoms with Gasteiger partial charge in [0.25, 0.3) is 0 Å². The van der Waals surface area contributed by atoms with Crippen molar-refractivity contribution in [2.45, 2.75) is 25.3 Å². The number of benzene rings is 2. The Hall–Kier alpha value is -3.61. The summed E-state index contributed by atoms with van der Waals surface area (Å²) in [6.07, 6.45) is 3.56. The lowest BCUT2D eigenvalue weighted by Crippen LogP contribution is -2.37. The predicted molar refractivity (Wildman–Crippen MR) is 126 cm³/mol. The molecule has 7 heteroatoms. The van der Waals surface area contributed by atoms with E-state index in [4.69, 9.17) is 4.74 Å². The Morgan fingerprint density at radius 3 is 2.26 bits per heavy atom. The second kappa shape index (κ2) is 8.97. The van der Waals surface area contributed by atoms with Crippen molar-refractivity contribution in [2.24, 2.45) is 17.8 Å². The fraction of sp³-hybridized carbons (Fsp3) is 0.370. The van der Waals surface area contributed by atoms with E-state index in [1.807, 2.05) is 37.3 Å². The lowest BCUT2D eigenvalue weighted by Gasteiger charge is -2.21.